The SMILES string of the molecule is CC(C)N(C(C)C)[C@@H]1CNC[C@@H](C(=O)OC(C)(C)C)C1. The zero-order valence-corrected chi connectivity index (χ0v) is 14.2. The Hall–Kier alpha value is -0.610. The number of hydrogen-bond donors (Lipinski definition) is 1. The summed E-state index contributed by atoms with van der Waals surface area (Å²) in [5.41, 5.74) is -0.403. The number of carbonyl (C=O) groups is 1. The summed E-state index contributed by atoms with van der Waals surface area (Å²) in [6.45, 7) is 16.3. The third kappa shape index (κ3) is 5.06. The third-order valence-corrected chi connectivity index (χ3v) is 3.68. The first-order valence-electron chi connectivity index (χ1n) is 7.83. The van der Waals surface area contributed by atoms with Crippen LogP contribution < -0.4 is 5.32 Å². The number of carbonyl (C=O) groups excluding carboxylic acids is 1. The molecule has 1 N–H and O–H groups in total. The Morgan fingerprint density at radius 3 is 2.15 bits per heavy atom. The fourth-order valence-electron chi connectivity index (χ4n) is 3.15. The van der Waals surface area contributed by atoms with Crippen LogP contribution in [-0.2, 0) is 9.53 Å². The summed E-state index contributed by atoms with van der Waals surface area (Å²) in [4.78, 5) is 14.7. The minimum atomic E-state index is -0.403. The van der Waals surface area contributed by atoms with Gasteiger partial charge in [-0.05, 0) is 54.9 Å². The molecule has 0 amide bonds. The molecule has 1 fully saturated rings. The lowest BCUT2D eigenvalue weighted by atomic mass is 9.93. The van der Waals surface area contributed by atoms with Crippen molar-refractivity contribution in [3.63, 3.8) is 0 Å². The number of hydrogen-bond acceptors (Lipinski definition) is 4. The maximum absolute atomic E-state index is 12.2. The molecule has 0 radical (unpaired) electrons. The van der Waals surface area contributed by atoms with Crippen molar-refractivity contribution in [2.75, 3.05) is 13.1 Å². The highest BCUT2D eigenvalue weighted by atomic mass is 16.6. The zero-order valence-electron chi connectivity index (χ0n) is 14.2. The van der Waals surface area contributed by atoms with E-state index in [1.54, 1.807) is 0 Å². The highest BCUT2D eigenvalue weighted by molar-refractivity contribution is 5.73. The van der Waals surface area contributed by atoms with Gasteiger partial charge in [0.2, 0.25) is 0 Å². The van der Waals surface area contributed by atoms with Crippen LogP contribution in [0.5, 0.6) is 0 Å². The van der Waals surface area contributed by atoms with E-state index in [0.29, 0.717) is 18.1 Å². The van der Waals surface area contributed by atoms with E-state index in [4.69, 9.17) is 4.74 Å². The van der Waals surface area contributed by atoms with E-state index < -0.39 is 5.60 Å². The summed E-state index contributed by atoms with van der Waals surface area (Å²) >= 11 is 0. The van der Waals surface area contributed by atoms with Gasteiger partial charge in [0, 0.05) is 31.2 Å². The van der Waals surface area contributed by atoms with Crippen molar-refractivity contribution < 1.29 is 9.53 Å². The molecule has 0 aromatic carbocycles. The molecule has 0 saturated carbocycles. The van der Waals surface area contributed by atoms with Crippen molar-refractivity contribution in [2.24, 2.45) is 5.92 Å². The Kier molecular flexibility index (Phi) is 6.02. The summed E-state index contributed by atoms with van der Waals surface area (Å²) in [5, 5.41) is 3.40. The van der Waals surface area contributed by atoms with Gasteiger partial charge in [-0.15, -0.1) is 0 Å². The van der Waals surface area contributed by atoms with Gasteiger partial charge in [0.1, 0.15) is 5.60 Å². The van der Waals surface area contributed by atoms with Crippen LogP contribution in [0.1, 0.15) is 54.9 Å². The zero-order chi connectivity index (χ0) is 15.5. The Morgan fingerprint density at radius 1 is 1.15 bits per heavy atom. The second kappa shape index (κ2) is 6.90. The molecule has 0 spiro atoms. The van der Waals surface area contributed by atoms with E-state index >= 15 is 0 Å². The van der Waals surface area contributed by atoms with Crippen molar-refractivity contribution in [1.29, 1.82) is 0 Å². The van der Waals surface area contributed by atoms with Crippen molar-refractivity contribution >= 4 is 5.97 Å². The highest BCUT2D eigenvalue weighted by Gasteiger charge is 2.34. The van der Waals surface area contributed by atoms with Gasteiger partial charge in [-0.3, -0.25) is 9.69 Å². The van der Waals surface area contributed by atoms with Crippen LogP contribution in [0.3, 0.4) is 0 Å². The van der Waals surface area contributed by atoms with Crippen LogP contribution in [0.4, 0.5) is 0 Å². The predicted octanol–water partition coefficient (Wildman–Crippen LogP) is 2.42. The lowest BCUT2D eigenvalue weighted by Crippen LogP contribution is -2.55. The summed E-state index contributed by atoms with van der Waals surface area (Å²) in [6, 6.07) is 1.37. The number of esters is 1. The molecule has 1 aliphatic heterocycles. The first-order chi connectivity index (χ1) is 9.11. The van der Waals surface area contributed by atoms with E-state index in [-0.39, 0.29) is 11.9 Å². The molecule has 0 unspecified atom stereocenters. The van der Waals surface area contributed by atoms with Gasteiger partial charge in [0.15, 0.2) is 0 Å². The molecule has 2 atom stereocenters. The molecule has 0 aromatic heterocycles. The van der Waals surface area contributed by atoms with Crippen molar-refractivity contribution in [3.05, 3.63) is 0 Å². The molecule has 1 saturated heterocycles. The van der Waals surface area contributed by atoms with E-state index in [1.165, 1.54) is 0 Å². The highest BCUT2D eigenvalue weighted by Crippen LogP contribution is 2.23. The minimum absolute atomic E-state index is 0.0343. The Labute approximate surface area is 124 Å². The van der Waals surface area contributed by atoms with Crippen LogP contribution in [-0.4, -0.2) is 47.7 Å². The number of nitrogens with one attached hydrogen (secondary N) is 1. The van der Waals surface area contributed by atoms with Gasteiger partial charge in [-0.25, -0.2) is 0 Å². The second-order valence-electron chi connectivity index (χ2n) is 7.41. The van der Waals surface area contributed by atoms with Crippen LogP contribution >= 0.6 is 0 Å². The molecular weight excluding hydrogens is 252 g/mol. The Bertz CT molecular complexity index is 313. The van der Waals surface area contributed by atoms with Gasteiger partial charge < -0.3 is 10.1 Å². The first-order valence-corrected chi connectivity index (χ1v) is 7.83. The first kappa shape index (κ1) is 17.4. The Morgan fingerprint density at radius 2 is 1.70 bits per heavy atom. The van der Waals surface area contributed by atoms with E-state index in [9.17, 15) is 4.79 Å². The number of nitrogens with zero attached hydrogens (tertiary/aromatic N) is 1. The van der Waals surface area contributed by atoms with Crippen LogP contribution in [0.15, 0.2) is 0 Å². The molecule has 0 aromatic rings. The molecule has 0 aliphatic carbocycles. The summed E-state index contributed by atoms with van der Waals surface area (Å²) < 4.78 is 5.53. The number of rotatable bonds is 4. The monoisotopic (exact) mass is 284 g/mol. The lowest BCUT2D eigenvalue weighted by Gasteiger charge is -2.42. The van der Waals surface area contributed by atoms with Crippen LogP contribution in [0.25, 0.3) is 0 Å². The molecule has 1 heterocycles. The maximum Gasteiger partial charge on any atom is 0.310 e. The molecular formula is C16H32N2O2. The topological polar surface area (TPSA) is 41.6 Å². The van der Waals surface area contributed by atoms with Gasteiger partial charge in [0.05, 0.1) is 5.92 Å². The van der Waals surface area contributed by atoms with Gasteiger partial charge in [-0.1, -0.05) is 0 Å². The van der Waals surface area contributed by atoms with Crippen molar-refractivity contribution in [3.8, 4) is 0 Å². The quantitative estimate of drug-likeness (QED) is 0.805. The van der Waals surface area contributed by atoms with Gasteiger partial charge in [0.25, 0.3) is 0 Å². The van der Waals surface area contributed by atoms with Gasteiger partial charge in [-0.2, -0.15) is 0 Å². The molecule has 118 valence electrons. The van der Waals surface area contributed by atoms with Crippen molar-refractivity contribution in [1.82, 2.24) is 10.2 Å². The predicted molar refractivity (Wildman–Crippen MR) is 82.7 cm³/mol. The maximum atomic E-state index is 12.2. The molecule has 4 nitrogen and oxygen atoms in total. The average molecular weight is 284 g/mol. The smallest absolute Gasteiger partial charge is 0.310 e. The summed E-state index contributed by atoms with van der Waals surface area (Å²) in [6.07, 6.45) is 0.887. The summed E-state index contributed by atoms with van der Waals surface area (Å²) in [5.74, 6) is -0.102. The number of piperidine rings is 1. The van der Waals surface area contributed by atoms with Gasteiger partial charge >= 0.3 is 5.97 Å². The standard InChI is InChI=1S/C16H32N2O2/c1-11(2)18(12(3)4)14-8-13(9-17-10-14)15(19)20-16(5,6)7/h11-14,17H,8-10H2,1-7H3/t13-,14-/m0/s1. The Balaban J connectivity index is 2.68. The molecule has 20 heavy (non-hydrogen) atoms. The fraction of sp³-hybridized carbons (Fsp3) is 0.938. The molecule has 1 rings (SSSR count). The average Bonchev–Trinajstić information content (AvgIpc) is 2.26. The fourth-order valence-corrected chi connectivity index (χ4v) is 3.15. The van der Waals surface area contributed by atoms with Crippen molar-refractivity contribution in [2.45, 2.75) is 78.6 Å². The van der Waals surface area contributed by atoms with E-state index in [0.717, 1.165) is 19.5 Å². The normalized spacial score (nSPS) is 24.5. The molecule has 1 aliphatic rings. The van der Waals surface area contributed by atoms with E-state index in [2.05, 4.69) is 37.9 Å². The molecule has 0 bridgehead atoms. The third-order valence-electron chi connectivity index (χ3n) is 3.68. The molecule has 4 heteroatoms. The largest absolute Gasteiger partial charge is 0.460 e. The summed E-state index contributed by atoms with van der Waals surface area (Å²) in [7, 11) is 0. The minimum Gasteiger partial charge on any atom is -0.460 e. The lowest BCUT2D eigenvalue weighted by molar-refractivity contribution is -0.161. The van der Waals surface area contributed by atoms with Crippen LogP contribution in [0, 0.1) is 5.92 Å². The van der Waals surface area contributed by atoms with E-state index in [1.807, 2.05) is 20.8 Å². The number of ether oxygens (including phenoxy) is 1. The second-order valence-corrected chi connectivity index (χ2v) is 7.41. The van der Waals surface area contributed by atoms with Crippen LogP contribution in [0.2, 0.25) is 0 Å².